The fraction of sp³-hybridized carbons (Fsp3) is 0.571. The summed E-state index contributed by atoms with van der Waals surface area (Å²) in [5, 5.41) is 13.7. The SMILES string of the molecule is CCC(NCC1(CO)COC1)c1ccc(Cl)cc1. The zero-order valence-electron chi connectivity index (χ0n) is 10.7. The normalized spacial score (nSPS) is 19.3. The van der Waals surface area contributed by atoms with Gasteiger partial charge in [-0.3, -0.25) is 0 Å². The molecule has 0 saturated carbocycles. The van der Waals surface area contributed by atoms with Crippen molar-refractivity contribution < 1.29 is 9.84 Å². The molecule has 1 atom stereocenters. The Labute approximate surface area is 113 Å². The summed E-state index contributed by atoms with van der Waals surface area (Å²) in [5.74, 6) is 0. The Morgan fingerprint density at radius 2 is 2.06 bits per heavy atom. The van der Waals surface area contributed by atoms with Crippen molar-refractivity contribution in [3.63, 3.8) is 0 Å². The summed E-state index contributed by atoms with van der Waals surface area (Å²) in [6, 6.07) is 8.22. The molecule has 1 aliphatic heterocycles. The maximum atomic E-state index is 9.39. The summed E-state index contributed by atoms with van der Waals surface area (Å²) in [4.78, 5) is 0. The molecular formula is C14H20ClNO2. The van der Waals surface area contributed by atoms with Gasteiger partial charge in [-0.1, -0.05) is 30.7 Å². The lowest BCUT2D eigenvalue weighted by Crippen LogP contribution is -2.52. The minimum absolute atomic E-state index is 0.0835. The zero-order chi connectivity index (χ0) is 13.0. The fourth-order valence-electron chi connectivity index (χ4n) is 2.17. The first kappa shape index (κ1) is 13.8. The van der Waals surface area contributed by atoms with Crippen LogP contribution in [0.5, 0.6) is 0 Å². The number of nitrogens with one attached hydrogen (secondary N) is 1. The van der Waals surface area contributed by atoms with Gasteiger partial charge >= 0.3 is 0 Å². The molecule has 4 heteroatoms. The van der Waals surface area contributed by atoms with Crippen LogP contribution >= 0.6 is 11.6 Å². The molecule has 0 bridgehead atoms. The van der Waals surface area contributed by atoms with Crippen molar-refractivity contribution in [3.05, 3.63) is 34.9 Å². The van der Waals surface area contributed by atoms with E-state index in [-0.39, 0.29) is 12.0 Å². The molecule has 3 nitrogen and oxygen atoms in total. The highest BCUT2D eigenvalue weighted by atomic mass is 35.5. The minimum atomic E-state index is -0.0835. The number of hydrogen-bond acceptors (Lipinski definition) is 3. The molecule has 1 aromatic carbocycles. The van der Waals surface area contributed by atoms with Crippen LogP contribution in [-0.4, -0.2) is 31.5 Å². The number of benzene rings is 1. The molecule has 2 rings (SSSR count). The molecular weight excluding hydrogens is 250 g/mol. The Morgan fingerprint density at radius 1 is 1.39 bits per heavy atom. The second-order valence-corrected chi connectivity index (χ2v) is 5.48. The lowest BCUT2D eigenvalue weighted by molar-refractivity contribution is -0.135. The number of rotatable bonds is 6. The van der Waals surface area contributed by atoms with Gasteiger partial charge in [0.2, 0.25) is 0 Å². The van der Waals surface area contributed by atoms with Crippen LogP contribution in [0.1, 0.15) is 24.9 Å². The van der Waals surface area contributed by atoms with Crippen LogP contribution in [0.25, 0.3) is 0 Å². The first-order chi connectivity index (χ1) is 8.69. The van der Waals surface area contributed by atoms with Crippen LogP contribution in [0.4, 0.5) is 0 Å². The summed E-state index contributed by atoms with van der Waals surface area (Å²) in [5.41, 5.74) is 1.15. The Bertz CT molecular complexity index is 370. The van der Waals surface area contributed by atoms with Gasteiger partial charge in [0.1, 0.15) is 0 Å². The van der Waals surface area contributed by atoms with E-state index in [1.165, 1.54) is 5.56 Å². The highest BCUT2D eigenvalue weighted by Gasteiger charge is 2.38. The van der Waals surface area contributed by atoms with E-state index in [0.717, 1.165) is 18.0 Å². The summed E-state index contributed by atoms with van der Waals surface area (Å²) in [6.45, 7) is 4.40. The molecule has 1 fully saturated rings. The van der Waals surface area contributed by atoms with Crippen LogP contribution < -0.4 is 5.32 Å². The number of aliphatic hydroxyl groups excluding tert-OH is 1. The van der Waals surface area contributed by atoms with Crippen LogP contribution in [0.15, 0.2) is 24.3 Å². The molecule has 1 heterocycles. The molecule has 1 aromatic rings. The molecule has 0 spiro atoms. The van der Waals surface area contributed by atoms with Gasteiger partial charge in [-0.15, -0.1) is 0 Å². The van der Waals surface area contributed by atoms with E-state index in [4.69, 9.17) is 16.3 Å². The van der Waals surface area contributed by atoms with Gasteiger partial charge in [0.05, 0.1) is 25.2 Å². The first-order valence-electron chi connectivity index (χ1n) is 6.36. The number of hydrogen-bond donors (Lipinski definition) is 2. The van der Waals surface area contributed by atoms with Crippen molar-refractivity contribution >= 4 is 11.6 Å². The van der Waals surface area contributed by atoms with Crippen LogP contribution in [0.3, 0.4) is 0 Å². The van der Waals surface area contributed by atoms with Crippen molar-refractivity contribution in [2.24, 2.45) is 5.41 Å². The van der Waals surface area contributed by atoms with E-state index in [9.17, 15) is 5.11 Å². The van der Waals surface area contributed by atoms with Crippen LogP contribution in [0, 0.1) is 5.41 Å². The minimum Gasteiger partial charge on any atom is -0.396 e. The van der Waals surface area contributed by atoms with Gasteiger partial charge in [-0.05, 0) is 24.1 Å². The van der Waals surface area contributed by atoms with E-state index in [0.29, 0.717) is 19.3 Å². The first-order valence-corrected chi connectivity index (χ1v) is 6.74. The number of halogens is 1. The summed E-state index contributed by atoms with van der Waals surface area (Å²) < 4.78 is 5.20. The summed E-state index contributed by atoms with van der Waals surface area (Å²) >= 11 is 5.89. The van der Waals surface area contributed by atoms with E-state index in [2.05, 4.69) is 12.2 Å². The smallest absolute Gasteiger partial charge is 0.0579 e. The molecule has 18 heavy (non-hydrogen) atoms. The number of aliphatic hydroxyl groups is 1. The average Bonchev–Trinajstić information content (AvgIpc) is 2.35. The molecule has 0 radical (unpaired) electrons. The second kappa shape index (κ2) is 6.02. The van der Waals surface area contributed by atoms with E-state index < -0.39 is 0 Å². The Balaban J connectivity index is 1.95. The summed E-state index contributed by atoms with van der Waals surface area (Å²) in [7, 11) is 0. The third-order valence-electron chi connectivity index (χ3n) is 3.56. The van der Waals surface area contributed by atoms with E-state index in [1.807, 2.05) is 24.3 Å². The van der Waals surface area contributed by atoms with E-state index >= 15 is 0 Å². The maximum Gasteiger partial charge on any atom is 0.0579 e. The van der Waals surface area contributed by atoms with Crippen molar-refractivity contribution in [1.82, 2.24) is 5.32 Å². The Morgan fingerprint density at radius 3 is 2.50 bits per heavy atom. The van der Waals surface area contributed by atoms with Gasteiger partial charge in [-0.25, -0.2) is 0 Å². The third-order valence-corrected chi connectivity index (χ3v) is 3.81. The zero-order valence-corrected chi connectivity index (χ0v) is 11.4. The largest absolute Gasteiger partial charge is 0.396 e. The Kier molecular flexibility index (Phi) is 4.62. The van der Waals surface area contributed by atoms with Crippen molar-refractivity contribution in [1.29, 1.82) is 0 Å². The van der Waals surface area contributed by atoms with Gasteiger partial charge in [0.25, 0.3) is 0 Å². The molecule has 0 aromatic heterocycles. The molecule has 0 aliphatic carbocycles. The Hall–Kier alpha value is -0.610. The molecule has 1 saturated heterocycles. The highest BCUT2D eigenvalue weighted by molar-refractivity contribution is 6.30. The average molecular weight is 270 g/mol. The molecule has 1 aliphatic rings. The van der Waals surface area contributed by atoms with Crippen molar-refractivity contribution in [2.75, 3.05) is 26.4 Å². The van der Waals surface area contributed by atoms with Gasteiger partial charge in [0.15, 0.2) is 0 Å². The van der Waals surface area contributed by atoms with Crippen LogP contribution in [0.2, 0.25) is 5.02 Å². The van der Waals surface area contributed by atoms with Gasteiger partial charge in [-0.2, -0.15) is 0 Å². The van der Waals surface area contributed by atoms with Gasteiger partial charge in [0, 0.05) is 17.6 Å². The topological polar surface area (TPSA) is 41.5 Å². The monoisotopic (exact) mass is 269 g/mol. The third kappa shape index (κ3) is 3.04. The second-order valence-electron chi connectivity index (χ2n) is 5.04. The van der Waals surface area contributed by atoms with E-state index in [1.54, 1.807) is 0 Å². The van der Waals surface area contributed by atoms with Crippen molar-refractivity contribution in [3.8, 4) is 0 Å². The molecule has 2 N–H and O–H groups in total. The van der Waals surface area contributed by atoms with Crippen molar-refractivity contribution in [2.45, 2.75) is 19.4 Å². The van der Waals surface area contributed by atoms with Crippen LogP contribution in [-0.2, 0) is 4.74 Å². The quantitative estimate of drug-likeness (QED) is 0.833. The lowest BCUT2D eigenvalue weighted by atomic mass is 9.86. The molecule has 0 amide bonds. The molecule has 1 unspecified atom stereocenters. The fourth-order valence-corrected chi connectivity index (χ4v) is 2.30. The maximum absolute atomic E-state index is 9.39. The lowest BCUT2D eigenvalue weighted by Gasteiger charge is -2.41. The number of ether oxygens (including phenoxy) is 1. The molecule has 100 valence electrons. The highest BCUT2D eigenvalue weighted by Crippen LogP contribution is 2.27. The standard InChI is InChI=1S/C14H20ClNO2/c1-2-13(11-3-5-12(15)6-4-11)16-7-14(8-17)9-18-10-14/h3-6,13,16-17H,2,7-10H2,1H3. The summed E-state index contributed by atoms with van der Waals surface area (Å²) in [6.07, 6.45) is 1.00. The van der Waals surface area contributed by atoms with Gasteiger partial charge < -0.3 is 15.2 Å². The predicted octanol–water partition coefficient (Wildman–Crippen LogP) is 2.39. The predicted molar refractivity (Wildman–Crippen MR) is 72.8 cm³/mol.